The molecule has 0 aliphatic carbocycles. The number of hydrogen-bond acceptors (Lipinski definition) is 4. The molecule has 1 aromatic rings. The summed E-state index contributed by atoms with van der Waals surface area (Å²) in [6, 6.07) is 6.66. The van der Waals surface area contributed by atoms with E-state index >= 15 is 0 Å². The van der Waals surface area contributed by atoms with Crippen LogP contribution in [0.25, 0.3) is 0 Å². The van der Waals surface area contributed by atoms with Gasteiger partial charge in [0, 0.05) is 4.47 Å². The molecule has 0 heterocycles. The second kappa shape index (κ2) is 5.85. The summed E-state index contributed by atoms with van der Waals surface area (Å²) in [6.45, 7) is -0.626. The molecule has 2 N–H and O–H groups in total. The van der Waals surface area contributed by atoms with Crippen LogP contribution in [0.15, 0.2) is 28.7 Å². The van der Waals surface area contributed by atoms with E-state index in [9.17, 15) is 4.79 Å². The van der Waals surface area contributed by atoms with Crippen LogP contribution in [0.4, 0.5) is 0 Å². The minimum absolute atomic E-state index is 0.203. The highest BCUT2D eigenvalue weighted by molar-refractivity contribution is 9.10. The smallest absolute Gasteiger partial charge is 0.338 e. The number of hydrogen-bond donors (Lipinski definition) is 2. The first-order valence-electron chi connectivity index (χ1n) is 4.35. The number of aliphatic hydroxyl groups is 2. The van der Waals surface area contributed by atoms with Gasteiger partial charge in [0.15, 0.2) is 0 Å². The number of rotatable bonds is 4. The Kier molecular flexibility index (Phi) is 4.74. The van der Waals surface area contributed by atoms with Gasteiger partial charge in [-0.2, -0.15) is 0 Å². The van der Waals surface area contributed by atoms with Crippen LogP contribution in [0, 0.1) is 0 Å². The zero-order valence-electron chi connectivity index (χ0n) is 7.89. The van der Waals surface area contributed by atoms with E-state index in [1.54, 1.807) is 24.3 Å². The van der Waals surface area contributed by atoms with Gasteiger partial charge in [0.05, 0.1) is 12.2 Å². The fourth-order valence-corrected chi connectivity index (χ4v) is 1.16. The lowest BCUT2D eigenvalue weighted by Crippen LogP contribution is -2.21. The molecule has 4 nitrogen and oxygen atoms in total. The maximum atomic E-state index is 11.3. The van der Waals surface area contributed by atoms with Gasteiger partial charge in [-0.3, -0.25) is 0 Å². The molecule has 0 bridgehead atoms. The van der Waals surface area contributed by atoms with Crippen molar-refractivity contribution in [2.24, 2.45) is 0 Å². The van der Waals surface area contributed by atoms with Gasteiger partial charge in [-0.15, -0.1) is 0 Å². The first-order chi connectivity index (χ1) is 7.13. The zero-order valence-corrected chi connectivity index (χ0v) is 9.48. The fourth-order valence-electron chi connectivity index (χ4n) is 0.894. The predicted octanol–water partition coefficient (Wildman–Crippen LogP) is 0.959. The van der Waals surface area contributed by atoms with Gasteiger partial charge in [-0.25, -0.2) is 4.79 Å². The molecule has 82 valence electrons. The Bertz CT molecular complexity index is 323. The van der Waals surface area contributed by atoms with Crippen molar-refractivity contribution in [1.82, 2.24) is 0 Å². The fraction of sp³-hybridized carbons (Fsp3) is 0.300. The molecule has 1 atom stereocenters. The molecule has 0 unspecified atom stereocenters. The van der Waals surface area contributed by atoms with Crippen molar-refractivity contribution in [2.45, 2.75) is 6.10 Å². The Morgan fingerprint density at radius 3 is 2.53 bits per heavy atom. The molecule has 0 radical (unpaired) electrons. The average Bonchev–Trinajstić information content (AvgIpc) is 2.26. The second-order valence-corrected chi connectivity index (χ2v) is 3.86. The number of carbonyl (C=O) groups is 1. The van der Waals surface area contributed by atoms with Crippen molar-refractivity contribution in [3.63, 3.8) is 0 Å². The Hall–Kier alpha value is -0.910. The van der Waals surface area contributed by atoms with Crippen molar-refractivity contribution in [3.05, 3.63) is 34.3 Å². The minimum atomic E-state index is -1.02. The lowest BCUT2D eigenvalue weighted by atomic mass is 10.2. The van der Waals surface area contributed by atoms with Crippen LogP contribution in [-0.4, -0.2) is 35.5 Å². The van der Waals surface area contributed by atoms with Crippen LogP contribution >= 0.6 is 15.9 Å². The van der Waals surface area contributed by atoms with E-state index in [1.165, 1.54) is 0 Å². The normalized spacial score (nSPS) is 12.2. The molecule has 0 aromatic heterocycles. The highest BCUT2D eigenvalue weighted by Crippen LogP contribution is 2.11. The van der Waals surface area contributed by atoms with Crippen molar-refractivity contribution >= 4 is 21.9 Å². The molecule has 0 spiro atoms. The van der Waals surface area contributed by atoms with Crippen molar-refractivity contribution < 1.29 is 19.7 Å². The van der Waals surface area contributed by atoms with Crippen LogP contribution in [0.3, 0.4) is 0 Å². The van der Waals surface area contributed by atoms with E-state index in [0.717, 1.165) is 4.47 Å². The van der Waals surface area contributed by atoms with Crippen LogP contribution in [-0.2, 0) is 4.74 Å². The van der Waals surface area contributed by atoms with E-state index in [2.05, 4.69) is 15.9 Å². The first kappa shape index (κ1) is 12.2. The summed E-state index contributed by atoms with van der Waals surface area (Å²) in [5, 5.41) is 17.5. The number of halogens is 1. The molecule has 0 saturated heterocycles. The van der Waals surface area contributed by atoms with E-state index in [0.29, 0.717) is 5.56 Å². The van der Waals surface area contributed by atoms with Gasteiger partial charge in [-0.05, 0) is 24.3 Å². The Balaban J connectivity index is 2.50. The number of esters is 1. The molecule has 1 rings (SSSR count). The highest BCUT2D eigenvalue weighted by atomic mass is 79.9. The highest BCUT2D eigenvalue weighted by Gasteiger charge is 2.09. The summed E-state index contributed by atoms with van der Waals surface area (Å²) in [7, 11) is 0. The quantitative estimate of drug-likeness (QED) is 0.803. The molecule has 1 aromatic carbocycles. The summed E-state index contributed by atoms with van der Waals surface area (Å²) in [4.78, 5) is 11.3. The summed E-state index contributed by atoms with van der Waals surface area (Å²) in [5.41, 5.74) is 0.406. The number of ether oxygens (including phenoxy) is 1. The van der Waals surface area contributed by atoms with E-state index in [4.69, 9.17) is 14.9 Å². The van der Waals surface area contributed by atoms with Gasteiger partial charge in [0.1, 0.15) is 12.7 Å². The molecule has 0 saturated carbocycles. The van der Waals surface area contributed by atoms with Crippen LogP contribution in [0.5, 0.6) is 0 Å². The van der Waals surface area contributed by atoms with Crippen LogP contribution in [0.2, 0.25) is 0 Å². The zero-order chi connectivity index (χ0) is 11.3. The topological polar surface area (TPSA) is 66.8 Å². The van der Waals surface area contributed by atoms with E-state index in [1.807, 2.05) is 0 Å². The first-order valence-corrected chi connectivity index (χ1v) is 5.14. The summed E-state index contributed by atoms with van der Waals surface area (Å²) in [6.07, 6.45) is -1.02. The second-order valence-electron chi connectivity index (χ2n) is 2.94. The van der Waals surface area contributed by atoms with Gasteiger partial charge < -0.3 is 14.9 Å². The van der Waals surface area contributed by atoms with Gasteiger partial charge >= 0.3 is 5.97 Å². The van der Waals surface area contributed by atoms with Crippen LogP contribution < -0.4 is 0 Å². The monoisotopic (exact) mass is 274 g/mol. The Morgan fingerprint density at radius 2 is 2.00 bits per heavy atom. The molecule has 0 fully saturated rings. The third kappa shape index (κ3) is 3.99. The molecule has 0 aliphatic rings. The number of benzene rings is 1. The van der Waals surface area contributed by atoms with E-state index < -0.39 is 18.7 Å². The molecular weight excluding hydrogens is 264 g/mol. The SMILES string of the molecule is O=C(OC[C@@H](O)CO)c1ccc(Br)cc1. The van der Waals surface area contributed by atoms with Crippen LogP contribution in [0.1, 0.15) is 10.4 Å². The van der Waals surface area contributed by atoms with Gasteiger partial charge in [-0.1, -0.05) is 15.9 Å². The Morgan fingerprint density at radius 1 is 1.40 bits per heavy atom. The molecule has 0 aliphatic heterocycles. The predicted molar refractivity (Wildman–Crippen MR) is 57.5 cm³/mol. The van der Waals surface area contributed by atoms with E-state index in [-0.39, 0.29) is 6.61 Å². The number of aliphatic hydroxyl groups excluding tert-OH is 2. The number of carbonyl (C=O) groups excluding carboxylic acids is 1. The van der Waals surface area contributed by atoms with Crippen molar-refractivity contribution in [2.75, 3.05) is 13.2 Å². The lowest BCUT2D eigenvalue weighted by molar-refractivity contribution is 0.00933. The summed E-state index contributed by atoms with van der Waals surface area (Å²) < 4.78 is 5.63. The minimum Gasteiger partial charge on any atom is -0.459 e. The van der Waals surface area contributed by atoms with Crippen molar-refractivity contribution in [3.8, 4) is 0 Å². The van der Waals surface area contributed by atoms with Gasteiger partial charge in [0.2, 0.25) is 0 Å². The lowest BCUT2D eigenvalue weighted by Gasteiger charge is -2.08. The largest absolute Gasteiger partial charge is 0.459 e. The maximum absolute atomic E-state index is 11.3. The van der Waals surface area contributed by atoms with Gasteiger partial charge in [0.25, 0.3) is 0 Å². The molecule has 5 heteroatoms. The third-order valence-corrected chi connectivity index (χ3v) is 2.23. The average molecular weight is 275 g/mol. The standard InChI is InChI=1S/C10H11BrO4/c11-8-3-1-7(2-4-8)10(14)15-6-9(13)5-12/h1-4,9,12-13H,5-6H2/t9-/m0/s1. The molecule has 0 amide bonds. The molecular formula is C10H11BrO4. The summed E-state index contributed by atoms with van der Waals surface area (Å²) in [5.74, 6) is -0.519. The Labute approximate surface area is 95.6 Å². The van der Waals surface area contributed by atoms with Crippen molar-refractivity contribution in [1.29, 1.82) is 0 Å². The summed E-state index contributed by atoms with van der Waals surface area (Å²) >= 11 is 3.24. The maximum Gasteiger partial charge on any atom is 0.338 e. The third-order valence-electron chi connectivity index (χ3n) is 1.70. The molecule has 15 heavy (non-hydrogen) atoms.